The van der Waals surface area contributed by atoms with Crippen molar-refractivity contribution in [1.29, 1.82) is 0 Å². The largest absolute Gasteiger partial charge is 0.493 e. The molecule has 1 aliphatic carbocycles. The van der Waals surface area contributed by atoms with Crippen LogP contribution < -0.4 is 10.1 Å². The SMILES string of the molecule is CCCNC(C)c1ccc(OCC2CC2)cc1Cl. The minimum Gasteiger partial charge on any atom is -0.493 e. The molecule has 1 aliphatic rings. The van der Waals surface area contributed by atoms with E-state index in [1.165, 1.54) is 12.8 Å². The van der Waals surface area contributed by atoms with Gasteiger partial charge in [0.15, 0.2) is 0 Å². The standard InChI is InChI=1S/C15H22ClNO/c1-3-8-17-11(2)14-7-6-13(9-15(14)16)18-10-12-4-5-12/h6-7,9,11-12,17H,3-5,8,10H2,1-2H3. The third-order valence-electron chi connectivity index (χ3n) is 3.32. The molecule has 2 nitrogen and oxygen atoms in total. The maximum Gasteiger partial charge on any atom is 0.120 e. The van der Waals surface area contributed by atoms with E-state index in [0.717, 1.165) is 41.8 Å². The second kappa shape index (κ2) is 6.44. The molecule has 1 N–H and O–H groups in total. The normalized spacial score (nSPS) is 16.6. The molecule has 2 rings (SSSR count). The fraction of sp³-hybridized carbons (Fsp3) is 0.600. The quantitative estimate of drug-likeness (QED) is 0.800. The topological polar surface area (TPSA) is 21.3 Å². The van der Waals surface area contributed by atoms with Crippen LogP contribution in [0.4, 0.5) is 0 Å². The molecule has 1 fully saturated rings. The molecule has 0 spiro atoms. The Labute approximate surface area is 115 Å². The van der Waals surface area contributed by atoms with Crippen molar-refractivity contribution < 1.29 is 4.74 Å². The van der Waals surface area contributed by atoms with Crippen molar-refractivity contribution in [3.05, 3.63) is 28.8 Å². The molecule has 0 aromatic heterocycles. The van der Waals surface area contributed by atoms with E-state index in [0.29, 0.717) is 0 Å². The van der Waals surface area contributed by atoms with Crippen molar-refractivity contribution in [2.45, 2.75) is 39.2 Å². The highest BCUT2D eigenvalue weighted by molar-refractivity contribution is 6.31. The molecule has 3 heteroatoms. The zero-order chi connectivity index (χ0) is 13.0. The molecule has 0 heterocycles. The van der Waals surface area contributed by atoms with E-state index in [4.69, 9.17) is 16.3 Å². The Bertz CT molecular complexity index is 390. The van der Waals surface area contributed by atoms with E-state index in [2.05, 4.69) is 25.2 Å². The number of halogens is 1. The van der Waals surface area contributed by atoms with Crippen LogP contribution in [-0.4, -0.2) is 13.2 Å². The number of nitrogens with one attached hydrogen (secondary N) is 1. The Hall–Kier alpha value is -0.730. The first-order chi connectivity index (χ1) is 8.70. The lowest BCUT2D eigenvalue weighted by molar-refractivity contribution is 0.299. The molecular formula is C15H22ClNO. The van der Waals surface area contributed by atoms with Gasteiger partial charge in [-0.1, -0.05) is 24.6 Å². The zero-order valence-corrected chi connectivity index (χ0v) is 12.0. The second-order valence-electron chi connectivity index (χ2n) is 5.11. The Morgan fingerprint density at radius 1 is 1.44 bits per heavy atom. The Kier molecular flexibility index (Phi) is 4.90. The van der Waals surface area contributed by atoms with Gasteiger partial charge in [-0.25, -0.2) is 0 Å². The van der Waals surface area contributed by atoms with E-state index in [-0.39, 0.29) is 6.04 Å². The van der Waals surface area contributed by atoms with E-state index < -0.39 is 0 Å². The van der Waals surface area contributed by atoms with Gasteiger partial charge in [0.25, 0.3) is 0 Å². The Balaban J connectivity index is 1.94. The summed E-state index contributed by atoms with van der Waals surface area (Å²) < 4.78 is 5.72. The molecule has 1 saturated carbocycles. The van der Waals surface area contributed by atoms with Crippen molar-refractivity contribution in [2.75, 3.05) is 13.2 Å². The third-order valence-corrected chi connectivity index (χ3v) is 3.65. The van der Waals surface area contributed by atoms with Crippen LogP contribution >= 0.6 is 11.6 Å². The minimum atomic E-state index is 0.287. The summed E-state index contributed by atoms with van der Waals surface area (Å²) in [5.74, 6) is 1.66. The Morgan fingerprint density at radius 3 is 2.83 bits per heavy atom. The number of rotatable bonds is 7. The highest BCUT2D eigenvalue weighted by Gasteiger charge is 2.22. The van der Waals surface area contributed by atoms with Crippen LogP contribution in [0.1, 0.15) is 44.7 Å². The highest BCUT2D eigenvalue weighted by atomic mass is 35.5. The molecule has 0 radical (unpaired) electrons. The molecule has 1 aromatic carbocycles. The maximum atomic E-state index is 6.31. The molecule has 100 valence electrons. The molecule has 0 saturated heterocycles. The third kappa shape index (κ3) is 3.89. The lowest BCUT2D eigenvalue weighted by Gasteiger charge is -2.16. The first-order valence-electron chi connectivity index (χ1n) is 6.86. The van der Waals surface area contributed by atoms with Crippen molar-refractivity contribution in [3.8, 4) is 5.75 Å². The lowest BCUT2D eigenvalue weighted by atomic mass is 10.1. The predicted octanol–water partition coefficient (Wildman–Crippen LogP) is 4.19. The van der Waals surface area contributed by atoms with E-state index in [9.17, 15) is 0 Å². The van der Waals surface area contributed by atoms with Gasteiger partial charge in [0.2, 0.25) is 0 Å². The van der Waals surface area contributed by atoms with Crippen LogP contribution in [0.5, 0.6) is 5.75 Å². The van der Waals surface area contributed by atoms with Gasteiger partial charge in [-0.05, 0) is 56.3 Å². The van der Waals surface area contributed by atoms with Gasteiger partial charge in [0, 0.05) is 11.1 Å². The van der Waals surface area contributed by atoms with Crippen LogP contribution in [0.15, 0.2) is 18.2 Å². The van der Waals surface area contributed by atoms with Gasteiger partial charge in [-0.2, -0.15) is 0 Å². The summed E-state index contributed by atoms with van der Waals surface area (Å²) >= 11 is 6.31. The van der Waals surface area contributed by atoms with Gasteiger partial charge in [-0.15, -0.1) is 0 Å². The number of benzene rings is 1. The van der Waals surface area contributed by atoms with Gasteiger partial charge in [0.1, 0.15) is 5.75 Å². The molecule has 0 bridgehead atoms. The summed E-state index contributed by atoms with van der Waals surface area (Å²) in [7, 11) is 0. The zero-order valence-electron chi connectivity index (χ0n) is 11.2. The monoisotopic (exact) mass is 267 g/mol. The van der Waals surface area contributed by atoms with Gasteiger partial charge >= 0.3 is 0 Å². The summed E-state index contributed by atoms with van der Waals surface area (Å²) in [5.41, 5.74) is 1.14. The maximum absolute atomic E-state index is 6.31. The first kappa shape index (κ1) is 13.7. The average molecular weight is 268 g/mol. The molecule has 18 heavy (non-hydrogen) atoms. The smallest absolute Gasteiger partial charge is 0.120 e. The summed E-state index contributed by atoms with van der Waals surface area (Å²) in [5, 5.41) is 4.23. The minimum absolute atomic E-state index is 0.287. The summed E-state index contributed by atoms with van der Waals surface area (Å²) in [4.78, 5) is 0. The van der Waals surface area contributed by atoms with Crippen LogP contribution in [0.2, 0.25) is 5.02 Å². The van der Waals surface area contributed by atoms with E-state index in [1.807, 2.05) is 12.1 Å². The summed E-state index contributed by atoms with van der Waals surface area (Å²) in [6.07, 6.45) is 3.75. The number of hydrogen-bond acceptors (Lipinski definition) is 2. The van der Waals surface area contributed by atoms with Crippen LogP contribution in [0.3, 0.4) is 0 Å². The average Bonchev–Trinajstić information content (AvgIpc) is 3.17. The van der Waals surface area contributed by atoms with Crippen molar-refractivity contribution in [1.82, 2.24) is 5.32 Å². The van der Waals surface area contributed by atoms with Crippen LogP contribution in [0.25, 0.3) is 0 Å². The van der Waals surface area contributed by atoms with Gasteiger partial charge < -0.3 is 10.1 Å². The van der Waals surface area contributed by atoms with Gasteiger partial charge in [-0.3, -0.25) is 0 Å². The molecule has 1 atom stereocenters. The van der Waals surface area contributed by atoms with Crippen LogP contribution in [0, 0.1) is 5.92 Å². The Morgan fingerprint density at radius 2 is 2.22 bits per heavy atom. The lowest BCUT2D eigenvalue weighted by Crippen LogP contribution is -2.19. The second-order valence-corrected chi connectivity index (χ2v) is 5.52. The van der Waals surface area contributed by atoms with Crippen molar-refractivity contribution in [2.24, 2.45) is 5.92 Å². The fourth-order valence-electron chi connectivity index (χ4n) is 1.92. The highest BCUT2D eigenvalue weighted by Crippen LogP contribution is 2.31. The fourth-order valence-corrected chi connectivity index (χ4v) is 2.25. The van der Waals surface area contributed by atoms with E-state index in [1.54, 1.807) is 0 Å². The first-order valence-corrected chi connectivity index (χ1v) is 7.24. The van der Waals surface area contributed by atoms with E-state index >= 15 is 0 Å². The number of hydrogen-bond donors (Lipinski definition) is 1. The van der Waals surface area contributed by atoms with Crippen LogP contribution in [-0.2, 0) is 0 Å². The molecule has 0 amide bonds. The molecule has 0 aliphatic heterocycles. The predicted molar refractivity (Wildman–Crippen MR) is 76.4 cm³/mol. The summed E-state index contributed by atoms with van der Waals surface area (Å²) in [6.45, 7) is 6.15. The molecule has 1 unspecified atom stereocenters. The van der Waals surface area contributed by atoms with Gasteiger partial charge in [0.05, 0.1) is 6.61 Å². The van der Waals surface area contributed by atoms with Crippen molar-refractivity contribution in [3.63, 3.8) is 0 Å². The van der Waals surface area contributed by atoms with Crippen molar-refractivity contribution >= 4 is 11.6 Å². The molecule has 1 aromatic rings. The summed E-state index contributed by atoms with van der Waals surface area (Å²) in [6, 6.07) is 6.31. The number of ether oxygens (including phenoxy) is 1. The molecular weight excluding hydrogens is 246 g/mol.